The molecule has 0 unspecified atom stereocenters. The molecule has 0 bridgehead atoms. The quantitative estimate of drug-likeness (QED) is 0.378. The highest BCUT2D eigenvalue weighted by Gasteiger charge is 2.25. The Kier molecular flexibility index (Phi) is 7.16. The van der Waals surface area contributed by atoms with Crippen LogP contribution in [0.25, 0.3) is 11.1 Å². The van der Waals surface area contributed by atoms with Crippen molar-refractivity contribution < 1.29 is 9.13 Å². The summed E-state index contributed by atoms with van der Waals surface area (Å²) in [5, 5.41) is 0. The molecule has 0 amide bonds. The van der Waals surface area contributed by atoms with E-state index in [1.807, 2.05) is 0 Å². The van der Waals surface area contributed by atoms with Crippen molar-refractivity contribution in [3.8, 4) is 5.75 Å². The molecule has 0 aliphatic carbocycles. The molecule has 1 fully saturated rings. The zero-order valence-electron chi connectivity index (χ0n) is 18.1. The minimum Gasteiger partial charge on any atom is -0.492 e. The van der Waals surface area contributed by atoms with Gasteiger partial charge in [0.15, 0.2) is 0 Å². The summed E-state index contributed by atoms with van der Waals surface area (Å²) in [5.41, 5.74) is 6.26. The van der Waals surface area contributed by atoms with Gasteiger partial charge in [0.2, 0.25) is 0 Å². The zero-order valence-corrected chi connectivity index (χ0v) is 18.1. The van der Waals surface area contributed by atoms with Crippen LogP contribution in [0.15, 0.2) is 84.9 Å². The fourth-order valence-electron chi connectivity index (χ4n) is 4.25. The van der Waals surface area contributed by atoms with Gasteiger partial charge in [0, 0.05) is 25.6 Å². The largest absolute Gasteiger partial charge is 0.492 e. The Hall–Kier alpha value is -2.91. The molecule has 3 heteroatoms. The molecule has 0 saturated carbocycles. The number of hydrogen-bond donors (Lipinski definition) is 0. The number of hydrogen-bond acceptors (Lipinski definition) is 2. The van der Waals surface area contributed by atoms with Crippen LogP contribution in [0.3, 0.4) is 0 Å². The van der Waals surface area contributed by atoms with Gasteiger partial charge in [-0.15, -0.1) is 0 Å². The summed E-state index contributed by atoms with van der Waals surface area (Å²) < 4.78 is 18.5. The lowest BCUT2D eigenvalue weighted by atomic mass is 9.88. The summed E-state index contributed by atoms with van der Waals surface area (Å²) in [6.07, 6.45) is 0.947. The number of likely N-dealkylation sites (tertiary alicyclic amines) is 1. The standard InChI is InChI=1S/C28H30FNO/c1-2-27(23-9-5-3-6-10-23)28(24-11-7-4-8-12-24)25-13-15-26(16-14-25)31-18-17-30-20-22(19-29)21-30/h3-16,22H,2,17-21H2,1H3/b28-27-. The van der Waals surface area contributed by atoms with E-state index < -0.39 is 0 Å². The number of rotatable bonds is 9. The third kappa shape index (κ3) is 5.23. The third-order valence-electron chi connectivity index (χ3n) is 5.91. The lowest BCUT2D eigenvalue weighted by Crippen LogP contribution is -2.49. The summed E-state index contributed by atoms with van der Waals surface area (Å²) in [4.78, 5) is 2.24. The minimum atomic E-state index is -0.210. The van der Waals surface area contributed by atoms with Gasteiger partial charge in [0.1, 0.15) is 12.4 Å². The molecule has 0 aromatic heterocycles. The van der Waals surface area contributed by atoms with Crippen molar-refractivity contribution >= 4 is 11.1 Å². The third-order valence-corrected chi connectivity index (χ3v) is 5.91. The monoisotopic (exact) mass is 415 g/mol. The first kappa shape index (κ1) is 21.3. The van der Waals surface area contributed by atoms with Crippen LogP contribution < -0.4 is 4.74 Å². The number of nitrogens with zero attached hydrogens (tertiary/aromatic N) is 1. The van der Waals surface area contributed by atoms with Crippen LogP contribution in [-0.2, 0) is 0 Å². The van der Waals surface area contributed by atoms with Gasteiger partial charge in [0.05, 0.1) is 6.67 Å². The zero-order chi connectivity index (χ0) is 21.5. The fraction of sp³-hybridized carbons (Fsp3) is 0.286. The predicted octanol–water partition coefficient (Wildman–Crippen LogP) is 6.34. The van der Waals surface area contributed by atoms with E-state index in [4.69, 9.17) is 4.74 Å². The first-order valence-electron chi connectivity index (χ1n) is 11.1. The van der Waals surface area contributed by atoms with E-state index in [-0.39, 0.29) is 12.6 Å². The second kappa shape index (κ2) is 10.4. The Morgan fingerprint density at radius 2 is 1.42 bits per heavy atom. The molecule has 4 rings (SSSR count). The second-order valence-corrected chi connectivity index (χ2v) is 8.09. The molecule has 0 N–H and O–H groups in total. The van der Waals surface area contributed by atoms with Crippen LogP contribution in [-0.4, -0.2) is 37.8 Å². The fourth-order valence-corrected chi connectivity index (χ4v) is 4.25. The first-order chi connectivity index (χ1) is 15.3. The average molecular weight is 416 g/mol. The molecular weight excluding hydrogens is 385 g/mol. The first-order valence-corrected chi connectivity index (χ1v) is 11.1. The molecular formula is C28H30FNO. The number of halogens is 1. The van der Waals surface area contributed by atoms with E-state index in [1.54, 1.807) is 0 Å². The maximum absolute atomic E-state index is 12.6. The molecule has 31 heavy (non-hydrogen) atoms. The van der Waals surface area contributed by atoms with E-state index in [2.05, 4.69) is 96.8 Å². The van der Waals surface area contributed by atoms with Crippen LogP contribution in [0.4, 0.5) is 4.39 Å². The van der Waals surface area contributed by atoms with E-state index in [0.29, 0.717) is 6.61 Å². The van der Waals surface area contributed by atoms with E-state index in [0.717, 1.165) is 31.8 Å². The van der Waals surface area contributed by atoms with Crippen molar-refractivity contribution in [2.45, 2.75) is 13.3 Å². The Morgan fingerprint density at radius 3 is 2.00 bits per heavy atom. The van der Waals surface area contributed by atoms with Gasteiger partial charge in [0.25, 0.3) is 0 Å². The van der Waals surface area contributed by atoms with Crippen molar-refractivity contribution in [3.63, 3.8) is 0 Å². The number of allylic oxidation sites excluding steroid dienone is 1. The summed E-state index contributed by atoms with van der Waals surface area (Å²) >= 11 is 0. The van der Waals surface area contributed by atoms with Gasteiger partial charge in [-0.1, -0.05) is 79.7 Å². The smallest absolute Gasteiger partial charge is 0.119 e. The molecule has 3 aromatic rings. The van der Waals surface area contributed by atoms with Gasteiger partial charge >= 0.3 is 0 Å². The maximum Gasteiger partial charge on any atom is 0.119 e. The maximum atomic E-state index is 12.6. The van der Waals surface area contributed by atoms with Crippen LogP contribution >= 0.6 is 0 Å². The molecule has 160 valence electrons. The van der Waals surface area contributed by atoms with Crippen molar-refractivity contribution in [2.24, 2.45) is 5.92 Å². The van der Waals surface area contributed by atoms with Crippen molar-refractivity contribution in [1.82, 2.24) is 4.90 Å². The minimum absolute atomic E-state index is 0.210. The highest BCUT2D eigenvalue weighted by atomic mass is 19.1. The number of benzene rings is 3. The Morgan fingerprint density at radius 1 is 0.839 bits per heavy atom. The van der Waals surface area contributed by atoms with Gasteiger partial charge in [-0.05, 0) is 46.4 Å². The van der Waals surface area contributed by atoms with Crippen molar-refractivity contribution in [2.75, 3.05) is 32.9 Å². The van der Waals surface area contributed by atoms with E-state index in [1.165, 1.54) is 27.8 Å². The second-order valence-electron chi connectivity index (χ2n) is 8.09. The van der Waals surface area contributed by atoms with Crippen LogP contribution in [0.2, 0.25) is 0 Å². The Bertz CT molecular complexity index is 977. The molecule has 0 radical (unpaired) electrons. The normalized spacial score (nSPS) is 15.3. The SMILES string of the molecule is CC/C(=C(\c1ccccc1)c1ccc(OCCN2CC(CF)C2)cc1)c1ccccc1. The Labute approximate surface area is 185 Å². The Balaban J connectivity index is 1.54. The lowest BCUT2D eigenvalue weighted by Gasteiger charge is -2.37. The predicted molar refractivity (Wildman–Crippen MR) is 127 cm³/mol. The molecule has 1 heterocycles. The van der Waals surface area contributed by atoms with Crippen LogP contribution in [0.1, 0.15) is 30.0 Å². The summed E-state index contributed by atoms with van der Waals surface area (Å²) in [7, 11) is 0. The van der Waals surface area contributed by atoms with Gasteiger partial charge < -0.3 is 4.74 Å². The summed E-state index contributed by atoms with van der Waals surface area (Å²) in [5.74, 6) is 1.09. The van der Waals surface area contributed by atoms with Crippen LogP contribution in [0, 0.1) is 5.92 Å². The summed E-state index contributed by atoms with van der Waals surface area (Å²) in [6.45, 7) is 5.18. The molecule has 3 aromatic carbocycles. The number of alkyl halides is 1. The van der Waals surface area contributed by atoms with Gasteiger partial charge in [-0.25, -0.2) is 0 Å². The van der Waals surface area contributed by atoms with Gasteiger partial charge in [-0.2, -0.15) is 0 Å². The molecule has 2 nitrogen and oxygen atoms in total. The van der Waals surface area contributed by atoms with Crippen LogP contribution in [0.5, 0.6) is 5.75 Å². The van der Waals surface area contributed by atoms with E-state index >= 15 is 0 Å². The summed E-state index contributed by atoms with van der Waals surface area (Å²) in [6, 6.07) is 29.6. The average Bonchev–Trinajstić information content (AvgIpc) is 2.80. The lowest BCUT2D eigenvalue weighted by molar-refractivity contribution is 0.0668. The van der Waals surface area contributed by atoms with Crippen molar-refractivity contribution in [3.05, 3.63) is 102 Å². The van der Waals surface area contributed by atoms with Crippen molar-refractivity contribution in [1.29, 1.82) is 0 Å². The molecule has 0 atom stereocenters. The van der Waals surface area contributed by atoms with Gasteiger partial charge in [-0.3, -0.25) is 9.29 Å². The highest BCUT2D eigenvalue weighted by molar-refractivity contribution is 5.98. The number of ether oxygens (including phenoxy) is 1. The molecule has 1 aliphatic heterocycles. The molecule has 0 spiro atoms. The topological polar surface area (TPSA) is 12.5 Å². The highest BCUT2D eigenvalue weighted by Crippen LogP contribution is 2.34. The molecule has 1 aliphatic rings. The van der Waals surface area contributed by atoms with E-state index in [9.17, 15) is 4.39 Å². The molecule has 1 saturated heterocycles.